The van der Waals surface area contributed by atoms with Crippen LogP contribution in [0.2, 0.25) is 0 Å². The van der Waals surface area contributed by atoms with E-state index in [1.807, 2.05) is 10.6 Å². The Morgan fingerprint density at radius 1 is 0.787 bits per heavy atom. The monoisotopic (exact) mass is 707 g/mol. The van der Waals surface area contributed by atoms with E-state index in [0.717, 1.165) is 0 Å². The van der Waals surface area contributed by atoms with Gasteiger partial charge in [0.15, 0.2) is 5.96 Å². The van der Waals surface area contributed by atoms with E-state index in [4.69, 9.17) is 37.3 Å². The van der Waals surface area contributed by atoms with Gasteiger partial charge in [0.05, 0.1) is 26.1 Å². The maximum atomic E-state index is 12.6. The number of amides is 5. The number of hydrogen-bond donors (Lipinski definition) is 13. The maximum absolute atomic E-state index is 12.6. The second-order valence-electron chi connectivity index (χ2n) is 8.84. The van der Waals surface area contributed by atoms with Crippen molar-refractivity contribution in [2.24, 2.45) is 22.2 Å². The van der Waals surface area contributed by atoms with Gasteiger partial charge < -0.3 is 64.2 Å². The van der Waals surface area contributed by atoms with E-state index in [9.17, 15) is 51.8 Å². The largest absolute Gasteiger partial charge is 0.490 e. The zero-order chi connectivity index (χ0) is 36.9. The molecule has 0 spiro atoms. The van der Waals surface area contributed by atoms with E-state index in [1.54, 1.807) is 0 Å². The van der Waals surface area contributed by atoms with Crippen molar-refractivity contribution in [1.29, 1.82) is 0 Å². The molecule has 0 aromatic rings. The molecule has 0 aromatic heterocycles. The van der Waals surface area contributed by atoms with Crippen LogP contribution in [0.25, 0.3) is 0 Å². The van der Waals surface area contributed by atoms with Gasteiger partial charge in [-0.3, -0.25) is 33.8 Å². The molecule has 0 radical (unpaired) electrons. The molecular formula is C22H36F3N9O12S. The summed E-state index contributed by atoms with van der Waals surface area (Å²) in [6.45, 7) is -1.99. The molecular weight excluding hydrogens is 671 g/mol. The number of rotatable bonds is 19. The summed E-state index contributed by atoms with van der Waals surface area (Å²) in [5.41, 5.74) is 15.7. The van der Waals surface area contributed by atoms with Crippen LogP contribution in [0, 0.1) is 0 Å². The van der Waals surface area contributed by atoms with Crippen molar-refractivity contribution in [1.82, 2.24) is 26.6 Å². The number of aliphatic imine (C=N–C) groups is 1. The summed E-state index contributed by atoms with van der Waals surface area (Å²) in [7, 11) is 0. The molecule has 0 saturated heterocycles. The highest BCUT2D eigenvalue weighted by atomic mass is 32.1. The Balaban J connectivity index is 0. The van der Waals surface area contributed by atoms with E-state index in [0.29, 0.717) is 0 Å². The molecule has 25 heteroatoms. The summed E-state index contributed by atoms with van der Waals surface area (Å²) < 4.78 is 31.7. The fourth-order valence-electron chi connectivity index (χ4n) is 2.87. The van der Waals surface area contributed by atoms with Crippen LogP contribution in [-0.2, 0) is 38.4 Å². The molecule has 0 heterocycles. The number of alkyl halides is 3. The Kier molecular flexibility index (Phi) is 21.2. The summed E-state index contributed by atoms with van der Waals surface area (Å²) in [6, 6.07) is -6.00. The number of carboxylic acids is 3. The van der Waals surface area contributed by atoms with Gasteiger partial charge in [0.1, 0.15) is 24.2 Å². The van der Waals surface area contributed by atoms with Crippen LogP contribution in [0.3, 0.4) is 0 Å². The third-order valence-electron chi connectivity index (χ3n) is 5.09. The number of halogens is 3. The molecule has 268 valence electrons. The van der Waals surface area contributed by atoms with Crippen molar-refractivity contribution >= 4 is 66.0 Å². The lowest BCUT2D eigenvalue weighted by Crippen LogP contribution is -2.58. The van der Waals surface area contributed by atoms with Crippen LogP contribution in [0.15, 0.2) is 4.99 Å². The molecule has 15 N–H and O–H groups in total. The van der Waals surface area contributed by atoms with Gasteiger partial charge in [-0.15, -0.1) is 0 Å². The molecule has 4 atom stereocenters. The van der Waals surface area contributed by atoms with Gasteiger partial charge in [0.25, 0.3) is 0 Å². The van der Waals surface area contributed by atoms with Crippen molar-refractivity contribution in [2.75, 3.05) is 32.0 Å². The first-order valence-corrected chi connectivity index (χ1v) is 13.5. The van der Waals surface area contributed by atoms with Crippen LogP contribution in [0.4, 0.5) is 13.2 Å². The molecule has 0 aliphatic heterocycles. The molecule has 47 heavy (non-hydrogen) atoms. The summed E-state index contributed by atoms with van der Waals surface area (Å²) in [5.74, 6) is -10.9. The number of aliphatic hydroxyl groups is 1. The minimum Gasteiger partial charge on any atom is -0.481 e. The molecule has 0 aromatic carbocycles. The zero-order valence-electron chi connectivity index (χ0n) is 24.3. The molecule has 5 amide bonds. The third kappa shape index (κ3) is 20.7. The average molecular weight is 708 g/mol. The average Bonchev–Trinajstić information content (AvgIpc) is 2.97. The summed E-state index contributed by atoms with van der Waals surface area (Å²) in [6.07, 6.45) is -5.69. The topological polar surface area (TPSA) is 368 Å². The number of guanidine groups is 1. The van der Waals surface area contributed by atoms with Crippen LogP contribution >= 0.6 is 12.6 Å². The number of carbonyl (C=O) groups is 8. The molecule has 4 unspecified atom stereocenters. The predicted molar refractivity (Wildman–Crippen MR) is 154 cm³/mol. The number of nitrogens with two attached hydrogens (primary N) is 3. The molecule has 0 bridgehead atoms. The SMILES string of the molecule is NCC(=O)NC(CCCN=C(N)N)C(=O)NCC(=O)NC(CC(=O)O)C(=O)NC(CO)C(=O)NC(CS)C(=O)O.O=C(O)C(F)(F)F. The number of carboxylic acid groups (broad SMARTS) is 3. The molecule has 0 rings (SSSR count). The fraction of sp³-hybridized carbons (Fsp3) is 0.591. The first-order valence-electron chi connectivity index (χ1n) is 12.9. The van der Waals surface area contributed by atoms with Crippen molar-refractivity contribution in [3.8, 4) is 0 Å². The van der Waals surface area contributed by atoms with Gasteiger partial charge in [-0.05, 0) is 12.8 Å². The quantitative estimate of drug-likeness (QED) is 0.0257. The Labute approximate surface area is 268 Å². The van der Waals surface area contributed by atoms with Crippen LogP contribution in [0.1, 0.15) is 19.3 Å². The Bertz CT molecular complexity index is 1160. The van der Waals surface area contributed by atoms with Crippen LogP contribution in [0.5, 0.6) is 0 Å². The predicted octanol–water partition coefficient (Wildman–Crippen LogP) is -5.83. The number of carbonyl (C=O) groups excluding carboxylic acids is 5. The third-order valence-corrected chi connectivity index (χ3v) is 5.46. The summed E-state index contributed by atoms with van der Waals surface area (Å²) in [4.78, 5) is 96.3. The number of thiol groups is 1. The van der Waals surface area contributed by atoms with E-state index < -0.39 is 104 Å². The lowest BCUT2D eigenvalue weighted by Gasteiger charge is -2.22. The smallest absolute Gasteiger partial charge is 0.481 e. The van der Waals surface area contributed by atoms with Crippen LogP contribution < -0.4 is 43.8 Å². The standard InChI is InChI=1S/C20H35N9O10S.C2HF3O2/c21-5-13(31)26-9(2-1-3-24-20(22)23)16(35)25-6-14(32)27-10(4-15(33)34)17(36)28-11(7-30)18(37)29-12(8-40)19(38)39;3-2(4,5)1(6)7/h9-12,30,40H,1-8,21H2,(H,25,35)(H,26,31)(H,27,32)(H,28,36)(H,29,37)(H,33,34)(H,38,39)(H4,22,23,24);(H,6,7). The van der Waals surface area contributed by atoms with Gasteiger partial charge in [-0.2, -0.15) is 25.8 Å². The minimum absolute atomic E-state index is 0.0700. The lowest BCUT2D eigenvalue weighted by molar-refractivity contribution is -0.192. The second-order valence-corrected chi connectivity index (χ2v) is 9.20. The number of nitrogens with one attached hydrogen (secondary N) is 5. The lowest BCUT2D eigenvalue weighted by atomic mass is 10.1. The normalized spacial score (nSPS) is 13.1. The Morgan fingerprint density at radius 2 is 1.30 bits per heavy atom. The maximum Gasteiger partial charge on any atom is 0.490 e. The van der Waals surface area contributed by atoms with Gasteiger partial charge in [-0.1, -0.05) is 0 Å². The number of nitrogens with zero attached hydrogens (tertiary/aromatic N) is 1. The summed E-state index contributed by atoms with van der Waals surface area (Å²) in [5, 5.41) is 45.4. The van der Waals surface area contributed by atoms with E-state index in [2.05, 4.69) is 33.6 Å². The van der Waals surface area contributed by atoms with Gasteiger partial charge in [0.2, 0.25) is 29.5 Å². The zero-order valence-corrected chi connectivity index (χ0v) is 25.2. The highest BCUT2D eigenvalue weighted by Gasteiger charge is 2.38. The first kappa shape index (κ1) is 44.2. The second kappa shape index (κ2) is 22.6. The van der Waals surface area contributed by atoms with Crippen molar-refractivity contribution in [3.05, 3.63) is 0 Å². The molecule has 21 nitrogen and oxygen atoms in total. The first-order chi connectivity index (χ1) is 21.7. The highest BCUT2D eigenvalue weighted by Crippen LogP contribution is 2.13. The van der Waals surface area contributed by atoms with Gasteiger partial charge >= 0.3 is 24.1 Å². The van der Waals surface area contributed by atoms with E-state index in [1.165, 1.54) is 0 Å². The molecule has 0 aliphatic rings. The Hall–Kier alpha value is -4.91. The highest BCUT2D eigenvalue weighted by molar-refractivity contribution is 7.80. The molecule has 0 saturated carbocycles. The van der Waals surface area contributed by atoms with Crippen molar-refractivity contribution < 1.29 is 72.0 Å². The van der Waals surface area contributed by atoms with E-state index >= 15 is 0 Å². The molecule has 0 aliphatic carbocycles. The summed E-state index contributed by atoms with van der Waals surface area (Å²) >= 11 is 3.77. The number of hydrogen-bond acceptors (Lipinski definition) is 12. The minimum atomic E-state index is -5.08. The van der Waals surface area contributed by atoms with E-state index in [-0.39, 0.29) is 31.1 Å². The number of aliphatic hydroxyl groups excluding tert-OH is 1. The van der Waals surface area contributed by atoms with Gasteiger partial charge in [-0.25, -0.2) is 9.59 Å². The fourth-order valence-corrected chi connectivity index (χ4v) is 3.12. The van der Waals surface area contributed by atoms with Gasteiger partial charge in [0, 0.05) is 12.3 Å². The number of aliphatic carboxylic acids is 3. The van der Waals surface area contributed by atoms with Crippen molar-refractivity contribution in [3.63, 3.8) is 0 Å². The van der Waals surface area contributed by atoms with Crippen molar-refractivity contribution in [2.45, 2.75) is 49.6 Å². The Morgan fingerprint density at radius 3 is 1.72 bits per heavy atom. The molecule has 0 fully saturated rings. The van der Waals surface area contributed by atoms with Crippen LogP contribution in [-0.4, -0.2) is 136 Å².